The number of oxazole rings is 1. The Balaban J connectivity index is 1.57. The summed E-state index contributed by atoms with van der Waals surface area (Å²) >= 11 is 0. The summed E-state index contributed by atoms with van der Waals surface area (Å²) in [6.45, 7) is 0.217. The number of carbonyl (C=O) groups excluding carboxylic acids is 1. The number of fused-ring (bicyclic) bond motifs is 1. The van der Waals surface area contributed by atoms with Gasteiger partial charge in [0.25, 0.3) is 6.01 Å². The molecule has 1 atom stereocenters. The number of rotatable bonds is 3. The molecule has 5 nitrogen and oxygen atoms in total. The van der Waals surface area contributed by atoms with Crippen molar-refractivity contribution in [3.63, 3.8) is 0 Å². The molecule has 1 aliphatic rings. The van der Waals surface area contributed by atoms with E-state index in [9.17, 15) is 13.6 Å². The molecule has 2 aromatic carbocycles. The second-order valence-corrected chi connectivity index (χ2v) is 5.53. The molecule has 1 unspecified atom stereocenters. The van der Waals surface area contributed by atoms with E-state index in [1.54, 1.807) is 12.1 Å². The Morgan fingerprint density at radius 3 is 2.62 bits per heavy atom. The number of nitrogens with zero attached hydrogens (tertiary/aromatic N) is 2. The van der Waals surface area contributed by atoms with Crippen molar-refractivity contribution in [1.29, 1.82) is 0 Å². The van der Waals surface area contributed by atoms with E-state index >= 15 is 0 Å². The van der Waals surface area contributed by atoms with Gasteiger partial charge < -0.3 is 14.6 Å². The van der Waals surface area contributed by atoms with Crippen molar-refractivity contribution in [3.05, 3.63) is 54.1 Å². The fourth-order valence-corrected chi connectivity index (χ4v) is 2.87. The van der Waals surface area contributed by atoms with Gasteiger partial charge in [-0.2, -0.15) is 4.98 Å². The van der Waals surface area contributed by atoms with Crippen molar-refractivity contribution in [2.45, 2.75) is 12.5 Å². The molecule has 1 aromatic heterocycles. The van der Waals surface area contributed by atoms with Crippen LogP contribution in [0.1, 0.15) is 6.42 Å². The third-order valence-corrected chi connectivity index (χ3v) is 4.00. The number of amides is 1. The number of halogens is 2. The lowest BCUT2D eigenvalue weighted by Crippen LogP contribution is -2.34. The molecule has 2 heterocycles. The number of benzene rings is 2. The van der Waals surface area contributed by atoms with Gasteiger partial charge in [-0.15, -0.1) is 0 Å². The van der Waals surface area contributed by atoms with Crippen LogP contribution in [-0.2, 0) is 4.79 Å². The van der Waals surface area contributed by atoms with E-state index in [1.807, 2.05) is 12.1 Å². The van der Waals surface area contributed by atoms with Crippen molar-refractivity contribution in [2.24, 2.45) is 0 Å². The average molecular weight is 329 g/mol. The van der Waals surface area contributed by atoms with Crippen molar-refractivity contribution in [3.8, 4) is 0 Å². The van der Waals surface area contributed by atoms with E-state index in [2.05, 4.69) is 10.3 Å². The van der Waals surface area contributed by atoms with E-state index in [0.717, 1.165) is 17.0 Å². The molecule has 7 heteroatoms. The summed E-state index contributed by atoms with van der Waals surface area (Å²) in [7, 11) is 0. The van der Waals surface area contributed by atoms with Gasteiger partial charge in [-0.1, -0.05) is 18.2 Å². The van der Waals surface area contributed by atoms with Crippen LogP contribution in [0.3, 0.4) is 0 Å². The van der Waals surface area contributed by atoms with Crippen LogP contribution in [0.4, 0.5) is 20.5 Å². The quantitative estimate of drug-likeness (QED) is 0.801. The number of hydrogen-bond donors (Lipinski definition) is 1. The maximum atomic E-state index is 13.9. The van der Waals surface area contributed by atoms with Crippen molar-refractivity contribution < 1.29 is 18.0 Å². The minimum Gasteiger partial charge on any atom is -0.424 e. The average Bonchev–Trinajstić information content (AvgIpc) is 3.12. The first-order valence-electron chi connectivity index (χ1n) is 7.51. The van der Waals surface area contributed by atoms with Gasteiger partial charge in [0.2, 0.25) is 5.91 Å². The van der Waals surface area contributed by atoms with Gasteiger partial charge in [0.05, 0.1) is 0 Å². The molecule has 4 rings (SSSR count). The van der Waals surface area contributed by atoms with Crippen molar-refractivity contribution in [2.75, 3.05) is 16.8 Å². The predicted octanol–water partition coefficient (Wildman–Crippen LogP) is 3.32. The number of aromatic nitrogens is 1. The Labute approximate surface area is 135 Å². The van der Waals surface area contributed by atoms with E-state index in [-0.39, 0.29) is 18.2 Å². The lowest BCUT2D eigenvalue weighted by Gasteiger charge is -2.18. The molecule has 3 aromatic rings. The van der Waals surface area contributed by atoms with Crippen molar-refractivity contribution >= 4 is 28.7 Å². The molecule has 1 aliphatic heterocycles. The fourth-order valence-electron chi connectivity index (χ4n) is 2.87. The topological polar surface area (TPSA) is 58.4 Å². The van der Waals surface area contributed by atoms with E-state index in [0.29, 0.717) is 17.5 Å². The monoisotopic (exact) mass is 329 g/mol. The molecule has 0 saturated carbocycles. The van der Waals surface area contributed by atoms with Crippen LogP contribution in [0.25, 0.3) is 11.1 Å². The van der Waals surface area contributed by atoms with Gasteiger partial charge in [-0.3, -0.25) is 4.79 Å². The lowest BCUT2D eigenvalue weighted by molar-refractivity contribution is -0.117. The summed E-state index contributed by atoms with van der Waals surface area (Å²) < 4.78 is 33.3. The summed E-state index contributed by atoms with van der Waals surface area (Å²) in [5.41, 5.74) is 0.953. The van der Waals surface area contributed by atoms with Crippen LogP contribution in [0.2, 0.25) is 0 Å². The van der Waals surface area contributed by atoms with Crippen LogP contribution in [0, 0.1) is 11.6 Å². The molecule has 24 heavy (non-hydrogen) atoms. The summed E-state index contributed by atoms with van der Waals surface area (Å²) in [4.78, 5) is 17.9. The third kappa shape index (κ3) is 2.38. The Morgan fingerprint density at radius 2 is 1.88 bits per heavy atom. The van der Waals surface area contributed by atoms with E-state index < -0.39 is 23.6 Å². The zero-order valence-electron chi connectivity index (χ0n) is 12.5. The minimum atomic E-state index is -0.758. The molecule has 1 saturated heterocycles. The Bertz CT molecular complexity index is 872. The first-order chi connectivity index (χ1) is 11.6. The van der Waals surface area contributed by atoms with Crippen LogP contribution >= 0.6 is 0 Å². The number of carbonyl (C=O) groups is 1. The number of anilines is 2. The zero-order chi connectivity index (χ0) is 16.7. The highest BCUT2D eigenvalue weighted by Crippen LogP contribution is 2.29. The van der Waals surface area contributed by atoms with Crippen LogP contribution in [-0.4, -0.2) is 23.5 Å². The van der Waals surface area contributed by atoms with Gasteiger partial charge in [-0.05, 0) is 30.7 Å². The Kier molecular flexibility index (Phi) is 3.41. The van der Waals surface area contributed by atoms with E-state index in [4.69, 9.17) is 4.42 Å². The van der Waals surface area contributed by atoms with Crippen LogP contribution in [0.15, 0.2) is 46.9 Å². The van der Waals surface area contributed by atoms with Crippen LogP contribution in [0.5, 0.6) is 0 Å². The molecule has 122 valence electrons. The summed E-state index contributed by atoms with van der Waals surface area (Å²) in [5, 5.41) is 2.90. The smallest absolute Gasteiger partial charge is 0.296 e. The molecular weight excluding hydrogens is 316 g/mol. The zero-order valence-corrected chi connectivity index (χ0v) is 12.5. The highest BCUT2D eigenvalue weighted by Gasteiger charge is 2.36. The predicted molar refractivity (Wildman–Crippen MR) is 84.7 cm³/mol. The molecular formula is C17H13F2N3O2. The lowest BCUT2D eigenvalue weighted by atomic mass is 10.2. The number of para-hydroxylation sites is 3. The van der Waals surface area contributed by atoms with Crippen molar-refractivity contribution in [1.82, 2.24) is 4.98 Å². The highest BCUT2D eigenvalue weighted by molar-refractivity contribution is 6.01. The van der Waals surface area contributed by atoms with Gasteiger partial charge >= 0.3 is 0 Å². The number of nitrogens with one attached hydrogen (secondary N) is 1. The minimum absolute atomic E-state index is 0.213. The largest absolute Gasteiger partial charge is 0.424 e. The Morgan fingerprint density at radius 1 is 1.12 bits per heavy atom. The van der Waals surface area contributed by atoms with Gasteiger partial charge in [0.15, 0.2) is 5.58 Å². The number of hydrogen-bond acceptors (Lipinski definition) is 4. The van der Waals surface area contributed by atoms with Gasteiger partial charge in [0, 0.05) is 6.54 Å². The summed E-state index contributed by atoms with van der Waals surface area (Å²) in [5.74, 6) is -1.93. The third-order valence-electron chi connectivity index (χ3n) is 4.00. The standard InChI is InChI=1S/C17H13F2N3O2/c18-10-4-3-5-11(19)15(10)22-9-8-13(16(22)23)21-17-20-12-6-1-2-7-14(12)24-17/h1-7,13H,8-9H2,(H,20,21). The summed E-state index contributed by atoms with van der Waals surface area (Å²) in [6, 6.07) is 10.3. The van der Waals surface area contributed by atoms with Gasteiger partial charge in [0.1, 0.15) is 28.9 Å². The molecule has 1 N–H and O–H groups in total. The van der Waals surface area contributed by atoms with Crippen LogP contribution < -0.4 is 10.2 Å². The fraction of sp³-hybridized carbons (Fsp3) is 0.176. The molecule has 0 bridgehead atoms. The molecule has 1 fully saturated rings. The highest BCUT2D eigenvalue weighted by atomic mass is 19.1. The molecule has 0 aliphatic carbocycles. The first-order valence-corrected chi connectivity index (χ1v) is 7.51. The molecule has 0 radical (unpaired) electrons. The van der Waals surface area contributed by atoms with E-state index in [1.165, 1.54) is 6.07 Å². The second kappa shape index (κ2) is 5.59. The SMILES string of the molecule is O=C1C(Nc2nc3ccccc3o2)CCN1c1c(F)cccc1F. The maximum Gasteiger partial charge on any atom is 0.296 e. The molecule has 1 amide bonds. The second-order valence-electron chi connectivity index (χ2n) is 5.53. The normalized spacial score (nSPS) is 17.7. The molecule has 0 spiro atoms. The first kappa shape index (κ1) is 14.6. The van der Waals surface area contributed by atoms with Gasteiger partial charge in [-0.25, -0.2) is 8.78 Å². The Hall–Kier alpha value is -2.96. The maximum absolute atomic E-state index is 13.9. The summed E-state index contributed by atoms with van der Waals surface area (Å²) in [6.07, 6.45) is 0.394.